The summed E-state index contributed by atoms with van der Waals surface area (Å²) >= 11 is 1.57. The van der Waals surface area contributed by atoms with Crippen molar-refractivity contribution in [2.75, 3.05) is 6.61 Å². The van der Waals surface area contributed by atoms with Crippen molar-refractivity contribution in [3.8, 4) is 0 Å². The summed E-state index contributed by atoms with van der Waals surface area (Å²) in [5.41, 5.74) is 0. The normalized spacial score (nSPS) is 8.67. The summed E-state index contributed by atoms with van der Waals surface area (Å²) in [5.74, 6) is 0. The van der Waals surface area contributed by atoms with Crippen LogP contribution in [0.4, 0.5) is 0 Å². The molecule has 0 aromatic rings. The van der Waals surface area contributed by atoms with Gasteiger partial charge in [0.1, 0.15) is 0 Å². The van der Waals surface area contributed by atoms with Gasteiger partial charge >= 0.3 is 22.1 Å². The van der Waals surface area contributed by atoms with Crippen molar-refractivity contribution < 1.29 is 3.17 Å². The first kappa shape index (κ1) is 6.73. The van der Waals surface area contributed by atoms with Crippen LogP contribution < -0.4 is 0 Å². The Morgan fingerprint density at radius 1 is 1.67 bits per heavy atom. The first-order valence-corrected chi connectivity index (χ1v) is 2.86. The lowest BCUT2D eigenvalue weighted by Crippen LogP contribution is -1.85. The highest BCUT2D eigenvalue weighted by Gasteiger charge is 1.73. The molecule has 0 fully saturated rings. The Balaban J connectivity index is 2.34. The monoisotopic (exact) mass is 97.1 g/mol. The molecule has 0 saturated carbocycles. The molecule has 2 heteroatoms. The summed E-state index contributed by atoms with van der Waals surface area (Å²) in [5, 5.41) is 0. The van der Waals surface area contributed by atoms with E-state index in [0.29, 0.717) is 0 Å². The second kappa shape index (κ2) is 5.73. The van der Waals surface area contributed by atoms with Crippen LogP contribution in [0.15, 0.2) is 0 Å². The van der Waals surface area contributed by atoms with Gasteiger partial charge in [0.2, 0.25) is 0 Å². The molecule has 0 aromatic carbocycles. The largest absolute Gasteiger partial charge is 0.584 e. The third-order valence-electron chi connectivity index (χ3n) is 0.642. The average molecular weight is 97.4 g/mol. The van der Waals surface area contributed by atoms with E-state index in [1.807, 2.05) is 0 Å². The first-order chi connectivity index (χ1) is 2.91. The standard InChI is InChI=1S/C4H9O.Mg/c1-2-3-4-5;/h2-4H2,1H3;/q-1;+1. The lowest BCUT2D eigenvalue weighted by atomic mass is 10.4. The van der Waals surface area contributed by atoms with Crippen LogP contribution in [-0.2, 0) is 3.17 Å². The summed E-state index contributed by atoms with van der Waals surface area (Å²) in [7, 11) is 0. The lowest BCUT2D eigenvalue weighted by Gasteiger charge is -1.93. The van der Waals surface area contributed by atoms with Crippen LogP contribution >= 0.6 is 0 Å². The highest BCUT2D eigenvalue weighted by molar-refractivity contribution is 5.97. The van der Waals surface area contributed by atoms with E-state index in [9.17, 15) is 0 Å². The van der Waals surface area contributed by atoms with Gasteiger partial charge in [-0.3, -0.25) is 0 Å². The second-order valence-corrected chi connectivity index (χ2v) is 1.67. The van der Waals surface area contributed by atoms with Crippen LogP contribution in [0, 0.1) is 0 Å². The Morgan fingerprint density at radius 3 is 2.50 bits per heavy atom. The quantitative estimate of drug-likeness (QED) is 0.375. The van der Waals surface area contributed by atoms with Gasteiger partial charge in [0.25, 0.3) is 0 Å². The topological polar surface area (TPSA) is 9.23 Å². The maximum absolute atomic E-state index is 4.81. The Bertz CT molecular complexity index is 19.5. The summed E-state index contributed by atoms with van der Waals surface area (Å²) in [6.07, 6.45) is 2.43. The Morgan fingerprint density at radius 2 is 2.33 bits per heavy atom. The van der Waals surface area contributed by atoms with Crippen LogP contribution in [0.25, 0.3) is 0 Å². The van der Waals surface area contributed by atoms with Gasteiger partial charge in [-0.25, -0.2) is 0 Å². The number of hydrogen-bond acceptors (Lipinski definition) is 1. The van der Waals surface area contributed by atoms with Gasteiger partial charge in [0.15, 0.2) is 0 Å². The highest BCUT2D eigenvalue weighted by atomic mass is 24.4. The second-order valence-electron chi connectivity index (χ2n) is 1.26. The third kappa shape index (κ3) is 4.73. The summed E-state index contributed by atoms with van der Waals surface area (Å²) < 4.78 is 4.81. The zero-order valence-electron chi connectivity index (χ0n) is 4.24. The van der Waals surface area contributed by atoms with E-state index >= 15 is 0 Å². The van der Waals surface area contributed by atoms with Gasteiger partial charge in [-0.05, 0) is 6.42 Å². The molecule has 0 aromatic heterocycles. The van der Waals surface area contributed by atoms with Crippen molar-refractivity contribution in [3.05, 3.63) is 0 Å². The molecule has 0 bridgehead atoms. The van der Waals surface area contributed by atoms with Gasteiger partial charge < -0.3 is 3.17 Å². The molecule has 0 amide bonds. The minimum Gasteiger partial charge on any atom is -0.584 e. The summed E-state index contributed by atoms with van der Waals surface area (Å²) in [6.45, 7) is 3.08. The SMILES string of the molecule is CCCC[O][Mg]. The van der Waals surface area contributed by atoms with E-state index in [1.54, 1.807) is 22.1 Å². The van der Waals surface area contributed by atoms with Gasteiger partial charge in [0, 0.05) is 6.61 Å². The van der Waals surface area contributed by atoms with Crippen molar-refractivity contribution in [2.45, 2.75) is 19.8 Å². The van der Waals surface area contributed by atoms with E-state index in [2.05, 4.69) is 6.92 Å². The van der Waals surface area contributed by atoms with Crippen LogP contribution in [0.3, 0.4) is 0 Å². The van der Waals surface area contributed by atoms with Crippen molar-refractivity contribution in [1.82, 2.24) is 0 Å². The van der Waals surface area contributed by atoms with Crippen molar-refractivity contribution in [3.63, 3.8) is 0 Å². The molecule has 33 valence electrons. The number of rotatable bonds is 3. The van der Waals surface area contributed by atoms with Crippen molar-refractivity contribution in [1.29, 1.82) is 0 Å². The molecule has 0 aliphatic rings. The summed E-state index contributed by atoms with van der Waals surface area (Å²) in [6, 6.07) is 0. The predicted octanol–water partition coefficient (Wildman–Crippen LogP) is 0.887. The maximum Gasteiger partial charge on any atom is 0.452 e. The van der Waals surface area contributed by atoms with E-state index in [4.69, 9.17) is 3.17 Å². The average Bonchev–Trinajstić information content (AvgIpc) is 1.61. The van der Waals surface area contributed by atoms with Crippen LogP contribution in [-0.4, -0.2) is 28.7 Å². The van der Waals surface area contributed by atoms with Gasteiger partial charge in [-0.1, -0.05) is 13.3 Å². The smallest absolute Gasteiger partial charge is 0.452 e. The molecular formula is C4H9MgO. The first-order valence-electron chi connectivity index (χ1n) is 2.28. The lowest BCUT2D eigenvalue weighted by molar-refractivity contribution is 0.339. The zero-order chi connectivity index (χ0) is 4.83. The van der Waals surface area contributed by atoms with Crippen LogP contribution in [0.5, 0.6) is 0 Å². The van der Waals surface area contributed by atoms with E-state index < -0.39 is 0 Å². The Labute approximate surface area is 52.0 Å². The molecule has 0 saturated heterocycles. The number of unbranched alkanes of at least 4 members (excludes halogenated alkanes) is 1. The van der Waals surface area contributed by atoms with Crippen molar-refractivity contribution in [2.24, 2.45) is 0 Å². The van der Waals surface area contributed by atoms with Crippen LogP contribution in [0.2, 0.25) is 0 Å². The molecular weight excluding hydrogens is 88.3 g/mol. The van der Waals surface area contributed by atoms with E-state index in [1.165, 1.54) is 12.8 Å². The van der Waals surface area contributed by atoms with Gasteiger partial charge in [0.05, 0.1) is 0 Å². The molecule has 0 aliphatic heterocycles. The molecule has 0 N–H and O–H groups in total. The molecule has 1 radical (unpaired) electrons. The fourth-order valence-electron chi connectivity index (χ4n) is 0.246. The molecule has 0 spiro atoms. The van der Waals surface area contributed by atoms with Gasteiger partial charge in [-0.2, -0.15) is 0 Å². The molecule has 6 heavy (non-hydrogen) atoms. The highest BCUT2D eigenvalue weighted by Crippen LogP contribution is 1.82. The Hall–Kier alpha value is 0.726. The molecule has 0 aliphatic carbocycles. The number of hydrogen-bond donors (Lipinski definition) is 0. The van der Waals surface area contributed by atoms with E-state index in [0.717, 1.165) is 6.61 Å². The molecule has 0 atom stereocenters. The zero-order valence-corrected chi connectivity index (χ0v) is 5.65. The fraction of sp³-hybridized carbons (Fsp3) is 1.00. The summed E-state index contributed by atoms with van der Waals surface area (Å²) in [4.78, 5) is 0. The van der Waals surface area contributed by atoms with Crippen molar-refractivity contribution >= 4 is 22.1 Å². The maximum atomic E-state index is 4.81. The minimum atomic E-state index is 0.926. The molecule has 0 rings (SSSR count). The van der Waals surface area contributed by atoms with E-state index in [-0.39, 0.29) is 0 Å². The molecule has 0 heterocycles. The van der Waals surface area contributed by atoms with Gasteiger partial charge in [-0.15, -0.1) is 0 Å². The Kier molecular flexibility index (Phi) is 6.42. The fourth-order valence-corrected chi connectivity index (χ4v) is 0.451. The minimum absolute atomic E-state index is 0.926. The predicted molar refractivity (Wildman–Crippen MR) is 26.6 cm³/mol. The molecule has 1 nitrogen and oxygen atoms in total. The third-order valence-corrected chi connectivity index (χ3v) is 0.931. The molecule has 0 unspecified atom stereocenters. The van der Waals surface area contributed by atoms with Crippen LogP contribution in [0.1, 0.15) is 19.8 Å².